The minimum absolute atomic E-state index is 0. The molecule has 5 heteroatoms. The number of para-hydroxylation sites is 2. The maximum atomic E-state index is 13.1. The lowest BCUT2D eigenvalue weighted by atomic mass is 10.2. The fraction of sp³-hybridized carbons (Fsp3) is 0.118. The smallest absolute Gasteiger partial charge is 0.368 e. The van der Waals surface area contributed by atoms with Crippen molar-refractivity contribution in [3.8, 4) is 11.3 Å². The quantitative estimate of drug-likeness (QED) is 0.522. The molecule has 2 aromatic carbocycles. The largest absolute Gasteiger partial charge is 1.00 e. The average Bonchev–Trinajstić information content (AvgIpc) is 3.05. The third-order valence-electron chi connectivity index (χ3n) is 3.89. The molecule has 0 spiro atoms. The third kappa shape index (κ3) is 2.07. The highest BCUT2D eigenvalue weighted by molar-refractivity contribution is 5.76. The van der Waals surface area contributed by atoms with Gasteiger partial charge < -0.3 is 12.4 Å². The van der Waals surface area contributed by atoms with Gasteiger partial charge in [-0.15, -0.1) is 0 Å². The van der Waals surface area contributed by atoms with Crippen LogP contribution in [0.1, 0.15) is 6.92 Å². The van der Waals surface area contributed by atoms with Gasteiger partial charge in [-0.3, -0.25) is 0 Å². The number of aromatic nitrogens is 3. The Morgan fingerprint density at radius 2 is 1.82 bits per heavy atom. The predicted octanol–water partition coefficient (Wildman–Crippen LogP) is 0.538. The van der Waals surface area contributed by atoms with Gasteiger partial charge in [-0.1, -0.05) is 12.1 Å². The van der Waals surface area contributed by atoms with Crippen molar-refractivity contribution >= 4 is 16.8 Å². The van der Waals surface area contributed by atoms with Gasteiger partial charge in [-0.2, -0.15) is 4.40 Å². The van der Waals surface area contributed by atoms with Crippen LogP contribution in [-0.2, 0) is 6.54 Å². The Balaban J connectivity index is 0.00000144. The lowest BCUT2D eigenvalue weighted by Gasteiger charge is -1.95. The molecule has 4 aromatic rings. The van der Waals surface area contributed by atoms with Crippen LogP contribution in [0.15, 0.2) is 54.7 Å². The summed E-state index contributed by atoms with van der Waals surface area (Å²) in [6, 6.07) is 14.9. The van der Waals surface area contributed by atoms with E-state index in [9.17, 15) is 4.39 Å². The fourth-order valence-corrected chi connectivity index (χ4v) is 2.89. The number of fused-ring (bicyclic) bond motifs is 3. The summed E-state index contributed by atoms with van der Waals surface area (Å²) in [6.07, 6.45) is 2.07. The van der Waals surface area contributed by atoms with Crippen molar-refractivity contribution in [1.29, 1.82) is 0 Å². The molecule has 0 aliphatic heterocycles. The zero-order chi connectivity index (χ0) is 14.4. The van der Waals surface area contributed by atoms with Crippen LogP contribution in [0.25, 0.3) is 28.1 Å². The van der Waals surface area contributed by atoms with Crippen molar-refractivity contribution in [2.24, 2.45) is 0 Å². The summed E-state index contributed by atoms with van der Waals surface area (Å²) >= 11 is 0. The zero-order valence-electron chi connectivity index (χ0n) is 12.1. The number of hydrogen-bond donors (Lipinski definition) is 1. The Morgan fingerprint density at radius 1 is 1.09 bits per heavy atom. The summed E-state index contributed by atoms with van der Waals surface area (Å²) in [5, 5.41) is 0. The van der Waals surface area contributed by atoms with Gasteiger partial charge in [0.05, 0.1) is 6.54 Å². The van der Waals surface area contributed by atoms with E-state index in [2.05, 4.69) is 45.3 Å². The average molecular weight is 316 g/mol. The van der Waals surface area contributed by atoms with E-state index >= 15 is 0 Å². The number of aromatic amines is 1. The Morgan fingerprint density at radius 3 is 2.55 bits per heavy atom. The molecular formula is C17H15ClFN3. The van der Waals surface area contributed by atoms with Crippen molar-refractivity contribution in [1.82, 2.24) is 9.38 Å². The van der Waals surface area contributed by atoms with Gasteiger partial charge in [0.15, 0.2) is 0 Å². The molecule has 0 amide bonds. The molecule has 1 N–H and O–H groups in total. The summed E-state index contributed by atoms with van der Waals surface area (Å²) in [6.45, 7) is 3.02. The lowest BCUT2D eigenvalue weighted by molar-refractivity contribution is -0.643. The van der Waals surface area contributed by atoms with Crippen LogP contribution < -0.4 is 17.0 Å². The monoisotopic (exact) mass is 315 g/mol. The number of nitrogens with one attached hydrogen (secondary N) is 1. The van der Waals surface area contributed by atoms with Crippen LogP contribution in [0.4, 0.5) is 4.39 Å². The van der Waals surface area contributed by atoms with E-state index in [-0.39, 0.29) is 18.2 Å². The van der Waals surface area contributed by atoms with E-state index in [1.54, 1.807) is 12.1 Å². The predicted molar refractivity (Wildman–Crippen MR) is 80.5 cm³/mol. The molecular weight excluding hydrogens is 301 g/mol. The van der Waals surface area contributed by atoms with E-state index in [0.717, 1.165) is 23.6 Å². The van der Waals surface area contributed by atoms with Gasteiger partial charge in [0, 0.05) is 5.56 Å². The minimum atomic E-state index is -0.217. The van der Waals surface area contributed by atoms with Gasteiger partial charge in [0.25, 0.3) is 0 Å². The molecule has 0 fully saturated rings. The van der Waals surface area contributed by atoms with Crippen molar-refractivity contribution in [3.63, 3.8) is 0 Å². The van der Waals surface area contributed by atoms with Gasteiger partial charge >= 0.3 is 5.78 Å². The van der Waals surface area contributed by atoms with Crippen molar-refractivity contribution in [3.05, 3.63) is 60.5 Å². The van der Waals surface area contributed by atoms with Gasteiger partial charge in [-0.05, 0) is 43.3 Å². The first-order chi connectivity index (χ1) is 10.3. The SMILES string of the molecule is CC[n+]1c2ccccc2n2cc(-c3ccc(F)cc3)[nH]c21.[Cl-]. The lowest BCUT2D eigenvalue weighted by Crippen LogP contribution is -3.00. The van der Waals surface area contributed by atoms with E-state index in [1.807, 2.05) is 6.07 Å². The highest BCUT2D eigenvalue weighted by atomic mass is 35.5. The molecule has 0 aliphatic carbocycles. The second kappa shape index (κ2) is 5.46. The minimum Gasteiger partial charge on any atom is -1.00 e. The van der Waals surface area contributed by atoms with E-state index in [0.29, 0.717) is 0 Å². The van der Waals surface area contributed by atoms with Crippen LogP contribution in [0.5, 0.6) is 0 Å². The third-order valence-corrected chi connectivity index (χ3v) is 3.89. The highest BCUT2D eigenvalue weighted by Crippen LogP contribution is 2.22. The standard InChI is InChI=1S/C17H14FN3.ClH/c1-2-20-15-5-3-4-6-16(15)21-11-14(19-17(20)21)12-7-9-13(18)10-8-12;/h3-11H,2H2,1H3;1H. The molecule has 0 atom stereocenters. The van der Waals surface area contributed by atoms with Crippen LogP contribution in [0.3, 0.4) is 0 Å². The van der Waals surface area contributed by atoms with E-state index in [1.165, 1.54) is 23.2 Å². The maximum absolute atomic E-state index is 13.1. The molecule has 0 radical (unpaired) electrons. The van der Waals surface area contributed by atoms with E-state index in [4.69, 9.17) is 0 Å². The summed E-state index contributed by atoms with van der Waals surface area (Å²) in [5.74, 6) is 0.823. The van der Waals surface area contributed by atoms with Crippen LogP contribution in [0.2, 0.25) is 0 Å². The number of nitrogens with zero attached hydrogens (tertiary/aromatic N) is 2. The van der Waals surface area contributed by atoms with Gasteiger partial charge in [-0.25, -0.2) is 13.9 Å². The zero-order valence-corrected chi connectivity index (χ0v) is 12.8. The fourth-order valence-electron chi connectivity index (χ4n) is 2.89. The highest BCUT2D eigenvalue weighted by Gasteiger charge is 2.19. The summed E-state index contributed by atoms with van der Waals surface area (Å²) in [5.41, 5.74) is 4.33. The van der Waals surface area contributed by atoms with Crippen molar-refractivity contribution in [2.45, 2.75) is 13.5 Å². The number of benzene rings is 2. The Kier molecular flexibility index (Phi) is 3.62. The maximum Gasteiger partial charge on any atom is 0.368 e. The number of halogens is 2. The molecule has 0 bridgehead atoms. The van der Waals surface area contributed by atoms with Crippen LogP contribution in [-0.4, -0.2) is 9.38 Å². The van der Waals surface area contributed by atoms with Crippen molar-refractivity contribution in [2.75, 3.05) is 0 Å². The van der Waals surface area contributed by atoms with Gasteiger partial charge in [0.2, 0.25) is 0 Å². The first-order valence-corrected chi connectivity index (χ1v) is 7.05. The Hall–Kier alpha value is -2.33. The molecule has 2 aromatic heterocycles. The van der Waals surface area contributed by atoms with E-state index < -0.39 is 0 Å². The molecule has 22 heavy (non-hydrogen) atoms. The van der Waals surface area contributed by atoms with Crippen LogP contribution in [0, 0.1) is 5.82 Å². The number of H-pyrrole nitrogens is 1. The first-order valence-electron chi connectivity index (χ1n) is 7.05. The summed E-state index contributed by atoms with van der Waals surface area (Å²) < 4.78 is 17.4. The Bertz CT molecular complexity index is 938. The molecule has 2 heterocycles. The van der Waals surface area contributed by atoms with Crippen LogP contribution >= 0.6 is 0 Å². The number of aryl methyl sites for hydroxylation is 1. The molecule has 0 saturated heterocycles. The normalized spacial score (nSPS) is 11.0. The number of hydrogen-bond acceptors (Lipinski definition) is 0. The molecule has 0 saturated carbocycles. The molecule has 3 nitrogen and oxygen atoms in total. The van der Waals surface area contributed by atoms with Gasteiger partial charge in [0.1, 0.15) is 28.7 Å². The molecule has 0 unspecified atom stereocenters. The molecule has 112 valence electrons. The summed E-state index contributed by atoms with van der Waals surface area (Å²) in [7, 11) is 0. The first kappa shape index (κ1) is 14.6. The molecule has 0 aliphatic rings. The number of imidazole rings is 2. The topological polar surface area (TPSA) is 24.1 Å². The second-order valence-corrected chi connectivity index (χ2v) is 5.10. The summed E-state index contributed by atoms with van der Waals surface area (Å²) in [4.78, 5) is 3.44. The Labute approximate surface area is 133 Å². The molecule has 4 rings (SSSR count). The van der Waals surface area contributed by atoms with Crippen molar-refractivity contribution < 1.29 is 21.4 Å². The number of rotatable bonds is 2. The second-order valence-electron chi connectivity index (χ2n) is 5.10.